The average molecular weight is 678 g/mol. The Balaban J connectivity index is 1.68. The number of hydrogen-bond acceptors (Lipinski definition) is 5. The molecule has 0 radical (unpaired) electrons. The van der Waals surface area contributed by atoms with Crippen LogP contribution in [0.1, 0.15) is 43.6 Å². The van der Waals surface area contributed by atoms with E-state index in [1.54, 1.807) is 24.4 Å². The van der Waals surface area contributed by atoms with E-state index >= 15 is 0 Å². The Labute approximate surface area is 236 Å². The molecule has 0 N–H and O–H groups in total. The monoisotopic (exact) mass is 677 g/mol. The van der Waals surface area contributed by atoms with Crippen molar-refractivity contribution in [3.63, 3.8) is 0 Å². The van der Waals surface area contributed by atoms with Gasteiger partial charge in [-0.1, -0.05) is 41.4 Å². The maximum Gasteiger partial charge on any atom is 0.282 e. The van der Waals surface area contributed by atoms with Crippen molar-refractivity contribution in [2.45, 2.75) is 39.7 Å². The molecule has 0 amide bonds. The summed E-state index contributed by atoms with van der Waals surface area (Å²) in [6.07, 6.45) is 4.16. The minimum Gasteiger partial charge on any atom is -0.490 e. The Kier molecular flexibility index (Phi) is 9.31. The number of halogens is 3. The Hall–Kier alpha value is -2.79. The molecule has 0 saturated carbocycles. The molecule has 192 valence electrons. The summed E-state index contributed by atoms with van der Waals surface area (Å²) < 4.78 is 28.1. The summed E-state index contributed by atoms with van der Waals surface area (Å²) in [6.45, 7) is 4.72. The van der Waals surface area contributed by atoms with Gasteiger partial charge in [-0.25, -0.2) is 9.37 Å². The number of fused-ring (bicyclic) bond motifs is 1. The lowest BCUT2D eigenvalue weighted by molar-refractivity contribution is 0.267. The molecule has 6 nitrogen and oxygen atoms in total. The Morgan fingerprint density at radius 2 is 1.89 bits per heavy atom. The zero-order valence-corrected chi connectivity index (χ0v) is 24.3. The smallest absolute Gasteiger partial charge is 0.282 e. The molecular formula is C28H26BrFIN3O3. The van der Waals surface area contributed by atoms with Gasteiger partial charge in [-0.2, -0.15) is 9.78 Å². The van der Waals surface area contributed by atoms with E-state index in [0.717, 1.165) is 32.0 Å². The molecule has 0 atom stereocenters. The van der Waals surface area contributed by atoms with E-state index in [0.29, 0.717) is 41.3 Å². The van der Waals surface area contributed by atoms with E-state index in [4.69, 9.17) is 14.5 Å². The van der Waals surface area contributed by atoms with Gasteiger partial charge in [0, 0.05) is 10.9 Å². The second kappa shape index (κ2) is 12.6. The molecule has 4 aromatic rings. The van der Waals surface area contributed by atoms with Gasteiger partial charge in [0.2, 0.25) is 0 Å². The molecule has 4 rings (SSSR count). The summed E-state index contributed by atoms with van der Waals surface area (Å²) in [5.74, 6) is 1.50. The quantitative estimate of drug-likeness (QED) is 0.133. The van der Waals surface area contributed by atoms with Gasteiger partial charge >= 0.3 is 0 Å². The van der Waals surface area contributed by atoms with Gasteiger partial charge in [0.15, 0.2) is 11.5 Å². The lowest BCUT2D eigenvalue weighted by atomic mass is 10.2. The number of aryl methyl sites for hydroxylation is 1. The number of aromatic nitrogens is 2. The zero-order chi connectivity index (χ0) is 26.4. The fourth-order valence-corrected chi connectivity index (χ4v) is 4.88. The fourth-order valence-electron chi connectivity index (χ4n) is 3.74. The standard InChI is InChI=1S/C28H26BrFIN3O3/c1-3-5-6-26-33-24-12-9-20(29)15-22(24)28(35)34(26)32-16-19-13-23(31)27(25(14-19)36-4-2)37-17-18-7-10-21(30)11-8-18/h7-16H,3-6,17H2,1-2H3. The van der Waals surface area contributed by atoms with Crippen LogP contribution >= 0.6 is 38.5 Å². The normalized spacial score (nSPS) is 11.4. The van der Waals surface area contributed by atoms with Crippen molar-refractivity contribution in [3.05, 3.63) is 95.8 Å². The van der Waals surface area contributed by atoms with E-state index in [-0.39, 0.29) is 18.0 Å². The summed E-state index contributed by atoms with van der Waals surface area (Å²) in [5, 5.41) is 5.05. The Bertz CT molecular complexity index is 1490. The molecule has 9 heteroatoms. The maximum absolute atomic E-state index is 13.3. The van der Waals surface area contributed by atoms with Gasteiger partial charge in [-0.15, -0.1) is 0 Å². The first kappa shape index (κ1) is 27.3. The van der Waals surface area contributed by atoms with Gasteiger partial charge in [0.25, 0.3) is 5.56 Å². The van der Waals surface area contributed by atoms with Crippen LogP contribution in [-0.2, 0) is 13.0 Å². The highest BCUT2D eigenvalue weighted by atomic mass is 127. The van der Waals surface area contributed by atoms with Crippen LogP contribution in [0.2, 0.25) is 0 Å². The van der Waals surface area contributed by atoms with Gasteiger partial charge in [-0.3, -0.25) is 4.79 Å². The van der Waals surface area contributed by atoms with E-state index in [9.17, 15) is 9.18 Å². The third kappa shape index (κ3) is 6.75. The predicted molar refractivity (Wildman–Crippen MR) is 156 cm³/mol. The third-order valence-electron chi connectivity index (χ3n) is 5.58. The average Bonchev–Trinajstić information content (AvgIpc) is 2.88. The molecule has 0 aliphatic carbocycles. The first-order chi connectivity index (χ1) is 17.9. The largest absolute Gasteiger partial charge is 0.490 e. The van der Waals surface area contributed by atoms with Crippen molar-refractivity contribution in [2.75, 3.05) is 6.61 Å². The lowest BCUT2D eigenvalue weighted by Gasteiger charge is -2.15. The van der Waals surface area contributed by atoms with E-state index in [1.807, 2.05) is 31.2 Å². The van der Waals surface area contributed by atoms with Crippen molar-refractivity contribution < 1.29 is 13.9 Å². The highest BCUT2D eigenvalue weighted by Crippen LogP contribution is 2.34. The first-order valence-electron chi connectivity index (χ1n) is 12.0. The molecule has 0 aliphatic heterocycles. The number of ether oxygens (including phenoxy) is 2. The van der Waals surface area contributed by atoms with Gasteiger partial charge < -0.3 is 9.47 Å². The SMILES string of the molecule is CCCCc1nc2ccc(Br)cc2c(=O)n1N=Cc1cc(I)c(OCc2ccc(F)cc2)c(OCC)c1. The maximum atomic E-state index is 13.3. The Morgan fingerprint density at radius 1 is 1.11 bits per heavy atom. The topological polar surface area (TPSA) is 65.7 Å². The molecule has 37 heavy (non-hydrogen) atoms. The Morgan fingerprint density at radius 3 is 2.62 bits per heavy atom. The van der Waals surface area contributed by atoms with Crippen molar-refractivity contribution in [2.24, 2.45) is 5.10 Å². The van der Waals surface area contributed by atoms with Gasteiger partial charge in [0.05, 0.1) is 27.3 Å². The second-order valence-corrected chi connectivity index (χ2v) is 10.4. The van der Waals surface area contributed by atoms with Crippen LogP contribution in [0.4, 0.5) is 4.39 Å². The minimum atomic E-state index is -0.289. The number of rotatable bonds is 10. The molecule has 0 spiro atoms. The molecule has 0 unspecified atom stereocenters. The highest BCUT2D eigenvalue weighted by molar-refractivity contribution is 14.1. The zero-order valence-electron chi connectivity index (χ0n) is 20.5. The molecule has 1 heterocycles. The number of benzene rings is 3. The molecule has 0 bridgehead atoms. The summed E-state index contributed by atoms with van der Waals surface area (Å²) in [5.41, 5.74) is 2.04. The van der Waals surface area contributed by atoms with Crippen LogP contribution < -0.4 is 15.0 Å². The van der Waals surface area contributed by atoms with Crippen LogP contribution in [0.5, 0.6) is 11.5 Å². The minimum absolute atomic E-state index is 0.215. The van der Waals surface area contributed by atoms with Crippen LogP contribution in [0.25, 0.3) is 10.9 Å². The number of nitrogens with zero attached hydrogens (tertiary/aromatic N) is 3. The molecule has 3 aromatic carbocycles. The fraction of sp³-hybridized carbons (Fsp3) is 0.250. The highest BCUT2D eigenvalue weighted by Gasteiger charge is 2.14. The van der Waals surface area contributed by atoms with Crippen LogP contribution in [-0.4, -0.2) is 22.5 Å². The lowest BCUT2D eigenvalue weighted by Crippen LogP contribution is -2.22. The molecule has 0 saturated heterocycles. The van der Waals surface area contributed by atoms with Crippen molar-refractivity contribution in [3.8, 4) is 11.5 Å². The van der Waals surface area contributed by atoms with Crippen molar-refractivity contribution in [1.29, 1.82) is 0 Å². The van der Waals surface area contributed by atoms with E-state index in [1.165, 1.54) is 16.8 Å². The molecular weight excluding hydrogens is 652 g/mol. The third-order valence-corrected chi connectivity index (χ3v) is 6.87. The van der Waals surface area contributed by atoms with E-state index < -0.39 is 0 Å². The van der Waals surface area contributed by atoms with Crippen LogP contribution in [0, 0.1) is 9.39 Å². The second-order valence-electron chi connectivity index (χ2n) is 8.33. The van der Waals surface area contributed by atoms with E-state index in [2.05, 4.69) is 50.5 Å². The first-order valence-corrected chi connectivity index (χ1v) is 13.9. The summed E-state index contributed by atoms with van der Waals surface area (Å²) >= 11 is 5.63. The van der Waals surface area contributed by atoms with Crippen molar-refractivity contribution in [1.82, 2.24) is 9.66 Å². The summed E-state index contributed by atoms with van der Waals surface area (Å²) in [4.78, 5) is 18.1. The van der Waals surface area contributed by atoms with Crippen molar-refractivity contribution >= 4 is 55.6 Å². The van der Waals surface area contributed by atoms with Gasteiger partial charge in [0.1, 0.15) is 18.2 Å². The molecule has 0 fully saturated rings. The number of unbranched alkanes of at least 4 members (excludes halogenated alkanes) is 1. The van der Waals surface area contributed by atoms with Crippen LogP contribution in [0.15, 0.2) is 69.0 Å². The van der Waals surface area contributed by atoms with Crippen LogP contribution in [0.3, 0.4) is 0 Å². The van der Waals surface area contributed by atoms with Gasteiger partial charge in [-0.05, 0) is 89.5 Å². The molecule has 0 aliphatic rings. The number of hydrogen-bond donors (Lipinski definition) is 0. The molecule has 1 aromatic heterocycles. The summed E-state index contributed by atoms with van der Waals surface area (Å²) in [7, 11) is 0. The predicted octanol–water partition coefficient (Wildman–Crippen LogP) is 7.11. The summed E-state index contributed by atoms with van der Waals surface area (Å²) in [6, 6.07) is 15.4.